The van der Waals surface area contributed by atoms with E-state index >= 15 is 0 Å². The molecule has 8 nitrogen and oxygen atoms in total. The van der Waals surface area contributed by atoms with Crippen molar-refractivity contribution in [2.75, 3.05) is 6.54 Å². The lowest BCUT2D eigenvalue weighted by Gasteiger charge is -2.03. The van der Waals surface area contributed by atoms with Crippen molar-refractivity contribution in [2.24, 2.45) is 0 Å². The molecular formula is C12H17N3O5. The molecule has 0 aliphatic rings. The number of aliphatic carboxylic acids is 1. The number of H-pyrrole nitrogens is 1. The molecule has 1 heterocycles. The van der Waals surface area contributed by atoms with Crippen molar-refractivity contribution in [1.29, 1.82) is 0 Å². The van der Waals surface area contributed by atoms with Gasteiger partial charge in [-0.15, -0.1) is 0 Å². The molecule has 0 saturated carbocycles. The van der Waals surface area contributed by atoms with E-state index in [1.165, 1.54) is 12.3 Å². The average Bonchev–Trinajstić information content (AvgIpc) is 2.86. The zero-order valence-electron chi connectivity index (χ0n) is 10.9. The summed E-state index contributed by atoms with van der Waals surface area (Å²) < 4.78 is 0. The number of rotatable bonds is 9. The third kappa shape index (κ3) is 5.51. The highest BCUT2D eigenvalue weighted by Gasteiger charge is 2.13. The predicted octanol–water partition coefficient (Wildman–Crippen LogP) is 1.69. The standard InChI is InChI=1S/C12H17N3O5/c16-11(17)5-3-1-2-4-6-13-12(18)10-7-9(8-14-10)15(19)20/h7-8,14H,1-6H2,(H,13,18)(H,16,17). The van der Waals surface area contributed by atoms with Crippen LogP contribution in [0.15, 0.2) is 12.3 Å². The summed E-state index contributed by atoms with van der Waals surface area (Å²) in [5.74, 6) is -1.18. The summed E-state index contributed by atoms with van der Waals surface area (Å²) in [6.07, 6.45) is 4.34. The maximum Gasteiger partial charge on any atom is 0.303 e. The Morgan fingerprint density at radius 2 is 2.00 bits per heavy atom. The molecule has 0 atom stereocenters. The first-order chi connectivity index (χ1) is 9.50. The van der Waals surface area contributed by atoms with E-state index in [-0.39, 0.29) is 23.7 Å². The Labute approximate surface area is 115 Å². The summed E-state index contributed by atoms with van der Waals surface area (Å²) in [5.41, 5.74) is 0.00592. The van der Waals surface area contributed by atoms with Gasteiger partial charge >= 0.3 is 5.97 Å². The van der Waals surface area contributed by atoms with Crippen molar-refractivity contribution in [2.45, 2.75) is 32.1 Å². The van der Waals surface area contributed by atoms with Crippen LogP contribution in [0.5, 0.6) is 0 Å². The predicted molar refractivity (Wildman–Crippen MR) is 70.5 cm³/mol. The van der Waals surface area contributed by atoms with Gasteiger partial charge < -0.3 is 15.4 Å². The summed E-state index contributed by atoms with van der Waals surface area (Å²) >= 11 is 0. The van der Waals surface area contributed by atoms with E-state index in [0.29, 0.717) is 13.0 Å². The van der Waals surface area contributed by atoms with Gasteiger partial charge in [-0.25, -0.2) is 0 Å². The molecule has 0 bridgehead atoms. The van der Waals surface area contributed by atoms with Crippen LogP contribution in [0.2, 0.25) is 0 Å². The number of hydrogen-bond acceptors (Lipinski definition) is 4. The molecule has 110 valence electrons. The molecule has 1 amide bonds. The van der Waals surface area contributed by atoms with E-state index in [4.69, 9.17) is 5.11 Å². The van der Waals surface area contributed by atoms with Crippen LogP contribution in [-0.2, 0) is 4.79 Å². The van der Waals surface area contributed by atoms with Gasteiger partial charge in [-0.3, -0.25) is 19.7 Å². The number of aromatic nitrogens is 1. The summed E-state index contributed by atoms with van der Waals surface area (Å²) in [6.45, 7) is 0.457. The average molecular weight is 283 g/mol. The van der Waals surface area contributed by atoms with Crippen molar-refractivity contribution in [3.63, 3.8) is 0 Å². The monoisotopic (exact) mass is 283 g/mol. The number of nitro groups is 1. The van der Waals surface area contributed by atoms with Crippen molar-refractivity contribution in [3.8, 4) is 0 Å². The summed E-state index contributed by atoms with van der Waals surface area (Å²) in [4.78, 5) is 34.3. The van der Waals surface area contributed by atoms with Crippen molar-refractivity contribution in [1.82, 2.24) is 10.3 Å². The lowest BCUT2D eigenvalue weighted by atomic mass is 10.1. The first-order valence-corrected chi connectivity index (χ1v) is 6.33. The molecule has 8 heteroatoms. The van der Waals surface area contributed by atoms with E-state index in [1.54, 1.807) is 0 Å². The molecule has 0 radical (unpaired) electrons. The number of carbonyl (C=O) groups is 2. The van der Waals surface area contributed by atoms with Crippen LogP contribution >= 0.6 is 0 Å². The van der Waals surface area contributed by atoms with Crippen molar-refractivity contribution < 1.29 is 19.6 Å². The normalized spacial score (nSPS) is 10.2. The number of hydrogen-bond donors (Lipinski definition) is 3. The molecule has 1 aromatic heterocycles. The van der Waals surface area contributed by atoms with Gasteiger partial charge in [-0.2, -0.15) is 0 Å². The molecule has 1 aromatic rings. The number of unbranched alkanes of at least 4 members (excludes halogenated alkanes) is 3. The van der Waals surface area contributed by atoms with Crippen LogP contribution in [0.3, 0.4) is 0 Å². The van der Waals surface area contributed by atoms with E-state index in [9.17, 15) is 19.7 Å². The molecule has 0 aliphatic heterocycles. The maximum absolute atomic E-state index is 11.6. The highest BCUT2D eigenvalue weighted by Crippen LogP contribution is 2.11. The van der Waals surface area contributed by atoms with Gasteiger partial charge in [0.25, 0.3) is 11.6 Å². The first-order valence-electron chi connectivity index (χ1n) is 6.33. The SMILES string of the molecule is O=C(O)CCCCCCNC(=O)c1cc([N+](=O)[O-])c[nH]1. The van der Waals surface area contributed by atoms with Crippen LogP contribution in [-0.4, -0.2) is 33.4 Å². The Morgan fingerprint density at radius 3 is 2.60 bits per heavy atom. The largest absolute Gasteiger partial charge is 0.481 e. The maximum atomic E-state index is 11.6. The molecule has 20 heavy (non-hydrogen) atoms. The number of carboxylic acid groups (broad SMARTS) is 1. The number of amides is 1. The quantitative estimate of drug-likeness (QED) is 0.361. The molecule has 0 fully saturated rings. The van der Waals surface area contributed by atoms with Crippen molar-refractivity contribution in [3.05, 3.63) is 28.1 Å². The highest BCUT2D eigenvalue weighted by molar-refractivity contribution is 5.93. The minimum Gasteiger partial charge on any atom is -0.481 e. The molecule has 0 aromatic carbocycles. The smallest absolute Gasteiger partial charge is 0.303 e. The fourth-order valence-electron chi connectivity index (χ4n) is 1.67. The van der Waals surface area contributed by atoms with Gasteiger partial charge in [0.1, 0.15) is 5.69 Å². The zero-order valence-corrected chi connectivity index (χ0v) is 10.9. The lowest BCUT2D eigenvalue weighted by molar-refractivity contribution is -0.384. The number of nitrogens with one attached hydrogen (secondary N) is 2. The Kier molecular flexibility index (Phi) is 6.21. The van der Waals surface area contributed by atoms with E-state index < -0.39 is 10.9 Å². The number of nitrogens with zero attached hydrogens (tertiary/aromatic N) is 1. The first kappa shape index (κ1) is 15.7. The van der Waals surface area contributed by atoms with Gasteiger partial charge in [-0.1, -0.05) is 12.8 Å². The Morgan fingerprint density at radius 1 is 1.30 bits per heavy atom. The number of aromatic amines is 1. The minimum absolute atomic E-state index is 0.149. The highest BCUT2D eigenvalue weighted by atomic mass is 16.6. The minimum atomic E-state index is -0.799. The Bertz CT molecular complexity index is 483. The molecule has 0 unspecified atom stereocenters. The van der Waals surface area contributed by atoms with Crippen LogP contribution < -0.4 is 5.32 Å². The molecule has 0 spiro atoms. The third-order valence-corrected chi connectivity index (χ3v) is 2.73. The van der Waals surface area contributed by atoms with Gasteiger partial charge in [0.15, 0.2) is 0 Å². The van der Waals surface area contributed by atoms with Gasteiger partial charge in [0.05, 0.1) is 11.1 Å². The van der Waals surface area contributed by atoms with E-state index in [1.807, 2.05) is 0 Å². The number of carboxylic acids is 1. The molecular weight excluding hydrogens is 266 g/mol. The third-order valence-electron chi connectivity index (χ3n) is 2.73. The Balaban J connectivity index is 2.16. The van der Waals surface area contributed by atoms with E-state index in [2.05, 4.69) is 10.3 Å². The van der Waals surface area contributed by atoms with Crippen LogP contribution in [0.25, 0.3) is 0 Å². The van der Waals surface area contributed by atoms with Gasteiger partial charge in [0.2, 0.25) is 0 Å². The fraction of sp³-hybridized carbons (Fsp3) is 0.500. The summed E-state index contributed by atoms with van der Waals surface area (Å²) in [5, 5.41) is 21.5. The topological polar surface area (TPSA) is 125 Å². The summed E-state index contributed by atoms with van der Waals surface area (Å²) in [7, 11) is 0. The molecule has 1 rings (SSSR count). The van der Waals surface area contributed by atoms with Crippen molar-refractivity contribution >= 4 is 17.6 Å². The van der Waals surface area contributed by atoms with Gasteiger partial charge in [0, 0.05) is 19.0 Å². The van der Waals surface area contributed by atoms with Gasteiger partial charge in [-0.05, 0) is 12.8 Å². The van der Waals surface area contributed by atoms with E-state index in [0.717, 1.165) is 19.3 Å². The second-order valence-corrected chi connectivity index (χ2v) is 4.34. The molecule has 0 aliphatic carbocycles. The molecule has 3 N–H and O–H groups in total. The van der Waals surface area contributed by atoms with Crippen LogP contribution in [0, 0.1) is 10.1 Å². The molecule has 0 saturated heterocycles. The fourth-order valence-corrected chi connectivity index (χ4v) is 1.67. The number of carbonyl (C=O) groups excluding carboxylic acids is 1. The Hall–Kier alpha value is -2.38. The van der Waals surface area contributed by atoms with Crippen LogP contribution in [0.1, 0.15) is 42.6 Å². The zero-order chi connectivity index (χ0) is 15.0. The summed E-state index contributed by atoms with van der Waals surface area (Å²) in [6, 6.07) is 1.18. The lowest BCUT2D eigenvalue weighted by Crippen LogP contribution is -2.24. The second-order valence-electron chi connectivity index (χ2n) is 4.34. The second kappa shape index (κ2) is 7.93. The van der Waals surface area contributed by atoms with Crippen LogP contribution in [0.4, 0.5) is 5.69 Å².